The lowest BCUT2D eigenvalue weighted by Crippen LogP contribution is -2.44. The maximum atomic E-state index is 13.1. The van der Waals surface area contributed by atoms with Crippen molar-refractivity contribution >= 4 is 29.4 Å². The van der Waals surface area contributed by atoms with Gasteiger partial charge in [-0.3, -0.25) is 9.88 Å². The highest BCUT2D eigenvalue weighted by atomic mass is 32.2. The molecule has 3 aromatic rings. The highest BCUT2D eigenvalue weighted by Crippen LogP contribution is 2.50. The maximum absolute atomic E-state index is 13.1. The molecule has 1 spiro atoms. The average Bonchev–Trinajstić information content (AvgIpc) is 3.44. The summed E-state index contributed by atoms with van der Waals surface area (Å²) in [6.07, 6.45) is 10.2. The minimum Gasteiger partial charge on any atom is -0.486 e. The Morgan fingerprint density at radius 1 is 1.10 bits per heavy atom. The number of rotatable bonds is 4. The van der Waals surface area contributed by atoms with Gasteiger partial charge in [-0.1, -0.05) is 17.8 Å². The van der Waals surface area contributed by atoms with Crippen LogP contribution in [0.1, 0.15) is 44.0 Å². The third-order valence-corrected chi connectivity index (χ3v) is 9.66. The Morgan fingerprint density at radius 3 is 2.69 bits per heavy atom. The molecule has 1 aliphatic carbocycles. The molecule has 0 saturated carbocycles. The SMILES string of the molecule is CC(C)N1CC2COc3c(Sc4cnc(N5CCC6(CC5)Cc5ncccc5[C@H]6N)cn4)ccnc3N2C1=O. The summed E-state index contributed by atoms with van der Waals surface area (Å²) in [5, 5.41) is 0.766. The van der Waals surface area contributed by atoms with Gasteiger partial charge in [-0.05, 0) is 56.2 Å². The van der Waals surface area contributed by atoms with Crippen LogP contribution < -0.4 is 20.3 Å². The molecule has 2 fully saturated rings. The Labute approximate surface area is 232 Å². The van der Waals surface area contributed by atoms with Crippen LogP contribution in [0.4, 0.5) is 16.4 Å². The molecule has 1 unspecified atom stereocenters. The van der Waals surface area contributed by atoms with Gasteiger partial charge >= 0.3 is 6.03 Å². The topological polar surface area (TPSA) is 114 Å². The lowest BCUT2D eigenvalue weighted by atomic mass is 9.73. The van der Waals surface area contributed by atoms with Crippen LogP contribution in [0.15, 0.2) is 52.9 Å². The first kappa shape index (κ1) is 24.6. The van der Waals surface area contributed by atoms with Crippen molar-refractivity contribution in [2.75, 3.05) is 36.0 Å². The van der Waals surface area contributed by atoms with Crippen LogP contribution in [0.2, 0.25) is 0 Å². The van der Waals surface area contributed by atoms with E-state index < -0.39 is 0 Å². The van der Waals surface area contributed by atoms with Gasteiger partial charge in [0.25, 0.3) is 0 Å². The van der Waals surface area contributed by atoms with Crippen LogP contribution >= 0.6 is 11.8 Å². The molecule has 3 aromatic heterocycles. The highest BCUT2D eigenvalue weighted by Gasteiger charge is 2.47. The molecule has 2 atom stereocenters. The van der Waals surface area contributed by atoms with Crippen LogP contribution in [-0.4, -0.2) is 69.2 Å². The molecule has 202 valence electrons. The fraction of sp³-hybridized carbons (Fsp3) is 0.464. The zero-order chi connectivity index (χ0) is 26.7. The summed E-state index contributed by atoms with van der Waals surface area (Å²) in [6.45, 7) is 6.95. The summed E-state index contributed by atoms with van der Waals surface area (Å²) >= 11 is 1.48. The van der Waals surface area contributed by atoms with Crippen LogP contribution in [0.5, 0.6) is 5.75 Å². The predicted molar refractivity (Wildman–Crippen MR) is 148 cm³/mol. The number of ether oxygens (including phenoxy) is 1. The maximum Gasteiger partial charge on any atom is 0.326 e. The second-order valence-corrected chi connectivity index (χ2v) is 12.2. The van der Waals surface area contributed by atoms with Gasteiger partial charge in [0.1, 0.15) is 17.5 Å². The Morgan fingerprint density at radius 2 is 1.95 bits per heavy atom. The van der Waals surface area contributed by atoms with Gasteiger partial charge in [0, 0.05) is 49.8 Å². The van der Waals surface area contributed by atoms with Crippen LogP contribution in [-0.2, 0) is 6.42 Å². The molecule has 0 aromatic carbocycles. The van der Waals surface area contributed by atoms with E-state index >= 15 is 0 Å². The van der Waals surface area contributed by atoms with Crippen LogP contribution in [0.25, 0.3) is 0 Å². The van der Waals surface area contributed by atoms with Gasteiger partial charge < -0.3 is 20.3 Å². The van der Waals surface area contributed by atoms with E-state index in [0.29, 0.717) is 24.7 Å². The first-order chi connectivity index (χ1) is 18.9. The zero-order valence-electron chi connectivity index (χ0n) is 22.2. The Bertz CT molecular complexity index is 1410. The van der Waals surface area contributed by atoms with Crippen molar-refractivity contribution in [2.45, 2.75) is 61.2 Å². The number of carbonyl (C=O) groups is 1. The third-order valence-electron chi connectivity index (χ3n) is 8.70. The summed E-state index contributed by atoms with van der Waals surface area (Å²) in [6, 6.07) is 6.16. The van der Waals surface area contributed by atoms with E-state index in [1.807, 2.05) is 49.5 Å². The highest BCUT2D eigenvalue weighted by molar-refractivity contribution is 7.99. The molecular weight excluding hydrogens is 512 g/mol. The van der Waals surface area contributed by atoms with E-state index in [4.69, 9.17) is 20.4 Å². The van der Waals surface area contributed by atoms with E-state index in [0.717, 1.165) is 53.8 Å². The molecule has 11 heteroatoms. The molecule has 39 heavy (non-hydrogen) atoms. The monoisotopic (exact) mass is 544 g/mol. The summed E-state index contributed by atoms with van der Waals surface area (Å²) in [7, 11) is 0. The van der Waals surface area contributed by atoms with Crippen molar-refractivity contribution in [3.63, 3.8) is 0 Å². The largest absolute Gasteiger partial charge is 0.486 e. The second kappa shape index (κ2) is 9.34. The molecule has 0 radical (unpaired) electrons. The van der Waals surface area contributed by atoms with Crippen molar-refractivity contribution in [3.8, 4) is 5.75 Å². The van der Waals surface area contributed by atoms with Gasteiger partial charge in [-0.25, -0.2) is 19.7 Å². The van der Waals surface area contributed by atoms with Crippen molar-refractivity contribution in [3.05, 3.63) is 54.2 Å². The first-order valence-corrected chi connectivity index (χ1v) is 14.4. The molecular formula is C28H32N8O2S. The summed E-state index contributed by atoms with van der Waals surface area (Å²) < 4.78 is 6.14. The molecule has 10 nitrogen and oxygen atoms in total. The van der Waals surface area contributed by atoms with Gasteiger partial charge in [0.15, 0.2) is 11.6 Å². The normalized spacial score (nSPS) is 23.2. The van der Waals surface area contributed by atoms with E-state index in [1.165, 1.54) is 17.3 Å². The summed E-state index contributed by atoms with van der Waals surface area (Å²) in [5.41, 5.74) is 9.15. The number of carbonyl (C=O) groups excluding carboxylic acids is 1. The van der Waals surface area contributed by atoms with Crippen molar-refractivity contribution in [2.24, 2.45) is 11.1 Å². The number of hydrogen-bond acceptors (Lipinski definition) is 9. The third kappa shape index (κ3) is 4.01. The van der Waals surface area contributed by atoms with Crippen molar-refractivity contribution < 1.29 is 9.53 Å². The number of nitrogens with zero attached hydrogens (tertiary/aromatic N) is 7. The van der Waals surface area contributed by atoms with Crippen LogP contribution in [0.3, 0.4) is 0 Å². The van der Waals surface area contributed by atoms with E-state index in [-0.39, 0.29) is 29.6 Å². The average molecular weight is 545 g/mol. The second-order valence-electron chi connectivity index (χ2n) is 11.2. The molecule has 0 bridgehead atoms. The van der Waals surface area contributed by atoms with Gasteiger partial charge in [-0.15, -0.1) is 0 Å². The quantitative estimate of drug-likeness (QED) is 0.525. The fourth-order valence-electron chi connectivity index (χ4n) is 6.45. The number of nitrogens with two attached hydrogens (primary N) is 1. The first-order valence-electron chi connectivity index (χ1n) is 13.6. The number of hydrogen-bond donors (Lipinski definition) is 1. The molecule has 2 saturated heterocycles. The Kier molecular flexibility index (Phi) is 5.89. The Balaban J connectivity index is 1.04. The number of aromatic nitrogens is 4. The number of urea groups is 1. The lowest BCUT2D eigenvalue weighted by molar-refractivity contribution is 0.186. The predicted octanol–water partition coefficient (Wildman–Crippen LogP) is 3.67. The number of anilines is 2. The van der Waals surface area contributed by atoms with E-state index in [1.54, 1.807) is 11.1 Å². The zero-order valence-corrected chi connectivity index (χ0v) is 23.0. The number of fused-ring (bicyclic) bond motifs is 4. The minimum absolute atomic E-state index is 0.0136. The molecule has 3 aliphatic heterocycles. The van der Waals surface area contributed by atoms with Crippen molar-refractivity contribution in [1.82, 2.24) is 24.8 Å². The molecule has 6 heterocycles. The molecule has 4 aliphatic rings. The number of amides is 2. The van der Waals surface area contributed by atoms with Crippen molar-refractivity contribution in [1.29, 1.82) is 0 Å². The fourth-order valence-corrected chi connectivity index (χ4v) is 7.26. The van der Waals surface area contributed by atoms with E-state index in [9.17, 15) is 4.79 Å². The summed E-state index contributed by atoms with van der Waals surface area (Å²) in [4.78, 5) is 38.5. The summed E-state index contributed by atoms with van der Waals surface area (Å²) in [5.74, 6) is 2.09. The minimum atomic E-state index is -0.0212. The van der Waals surface area contributed by atoms with E-state index in [2.05, 4.69) is 20.9 Å². The van der Waals surface area contributed by atoms with Gasteiger partial charge in [0.2, 0.25) is 0 Å². The molecule has 2 amide bonds. The molecule has 2 N–H and O–H groups in total. The van der Waals surface area contributed by atoms with Crippen LogP contribution in [0, 0.1) is 5.41 Å². The Hall–Kier alpha value is -3.44. The number of pyridine rings is 2. The van der Waals surface area contributed by atoms with Gasteiger partial charge in [0.05, 0.1) is 23.3 Å². The standard InChI is InChI=1S/C28H32N8O2S/c1-17(2)35-15-18-16-38-24-21(5-9-31-26(24)36(18)27(35)37)39-23-14-32-22(13-33-23)34-10-6-28(7-11-34)12-20-19(25(28)29)4-3-8-30-20/h3-5,8-9,13-14,17-18,25H,6-7,10-12,15-16,29H2,1-2H3/t18?,25-/m1/s1. The smallest absolute Gasteiger partial charge is 0.326 e. The van der Waals surface area contributed by atoms with Gasteiger partial charge in [-0.2, -0.15) is 0 Å². The number of piperidine rings is 1. The lowest BCUT2D eigenvalue weighted by Gasteiger charge is -2.42. The molecule has 7 rings (SSSR count).